The lowest BCUT2D eigenvalue weighted by atomic mass is 10.2. The minimum atomic E-state index is -0.933. The predicted octanol–water partition coefficient (Wildman–Crippen LogP) is 1.45. The molecule has 0 unspecified atom stereocenters. The molecule has 100 valence electrons. The number of carbonyl (C=O) groups is 2. The van der Waals surface area contributed by atoms with Crippen LogP contribution in [0.25, 0.3) is 0 Å². The Hall–Kier alpha value is -1.85. The number of hydrogen-bond acceptors (Lipinski definition) is 3. The summed E-state index contributed by atoms with van der Waals surface area (Å²) in [6.45, 7) is 4.26. The van der Waals surface area contributed by atoms with Crippen LogP contribution >= 0.6 is 0 Å². The van der Waals surface area contributed by atoms with Crippen molar-refractivity contribution < 1.29 is 14.7 Å². The van der Waals surface area contributed by atoms with E-state index in [4.69, 9.17) is 5.11 Å². The first kappa shape index (κ1) is 14.2. The van der Waals surface area contributed by atoms with Crippen LogP contribution in [-0.2, 0) is 4.79 Å². The Morgan fingerprint density at radius 3 is 2.67 bits per heavy atom. The van der Waals surface area contributed by atoms with Gasteiger partial charge in [0.1, 0.15) is 5.69 Å². The molecule has 0 saturated carbocycles. The molecule has 0 aliphatic carbocycles. The molecule has 6 heteroatoms. The topological polar surface area (TPSA) is 84.2 Å². The Bertz CT molecular complexity index is 410. The maximum Gasteiger partial charge on any atom is 0.305 e. The van der Waals surface area contributed by atoms with Crippen molar-refractivity contribution in [2.45, 2.75) is 39.2 Å². The monoisotopic (exact) mass is 253 g/mol. The standard InChI is InChI=1S/C12H19N3O3/c1-3-9(4-2)15-8-6-10(14-15)12(18)13-7-5-11(16)17/h6,8-9H,3-5,7H2,1-2H3,(H,13,18)(H,16,17). The van der Waals surface area contributed by atoms with Crippen molar-refractivity contribution in [1.29, 1.82) is 0 Å². The molecular weight excluding hydrogens is 234 g/mol. The normalized spacial score (nSPS) is 10.6. The first-order valence-corrected chi connectivity index (χ1v) is 6.13. The third-order valence-corrected chi connectivity index (χ3v) is 2.78. The van der Waals surface area contributed by atoms with Gasteiger partial charge in [0.15, 0.2) is 0 Å². The van der Waals surface area contributed by atoms with Crippen LogP contribution in [0.5, 0.6) is 0 Å². The fraction of sp³-hybridized carbons (Fsp3) is 0.583. The number of nitrogens with one attached hydrogen (secondary N) is 1. The molecule has 18 heavy (non-hydrogen) atoms. The molecule has 0 fully saturated rings. The highest BCUT2D eigenvalue weighted by molar-refractivity contribution is 5.92. The number of amides is 1. The van der Waals surface area contributed by atoms with Crippen LogP contribution < -0.4 is 5.32 Å². The molecule has 1 aromatic heterocycles. The molecule has 0 atom stereocenters. The van der Waals surface area contributed by atoms with E-state index in [1.165, 1.54) is 0 Å². The fourth-order valence-corrected chi connectivity index (χ4v) is 1.70. The number of carboxylic acid groups (broad SMARTS) is 1. The number of carboxylic acids is 1. The van der Waals surface area contributed by atoms with Crippen molar-refractivity contribution in [1.82, 2.24) is 15.1 Å². The number of rotatable bonds is 7. The summed E-state index contributed by atoms with van der Waals surface area (Å²) < 4.78 is 1.78. The highest BCUT2D eigenvalue weighted by atomic mass is 16.4. The van der Waals surface area contributed by atoms with Gasteiger partial charge >= 0.3 is 5.97 Å². The third kappa shape index (κ3) is 3.87. The average Bonchev–Trinajstić information content (AvgIpc) is 2.79. The van der Waals surface area contributed by atoms with Crippen molar-refractivity contribution in [3.05, 3.63) is 18.0 Å². The van der Waals surface area contributed by atoms with E-state index in [9.17, 15) is 9.59 Å². The highest BCUT2D eigenvalue weighted by Crippen LogP contribution is 2.14. The second-order valence-corrected chi connectivity index (χ2v) is 4.05. The summed E-state index contributed by atoms with van der Waals surface area (Å²) in [5, 5.41) is 15.2. The van der Waals surface area contributed by atoms with Gasteiger partial charge < -0.3 is 10.4 Å². The SMILES string of the molecule is CCC(CC)n1ccc(C(=O)NCCC(=O)O)n1. The van der Waals surface area contributed by atoms with Crippen molar-refractivity contribution in [2.75, 3.05) is 6.54 Å². The van der Waals surface area contributed by atoms with E-state index in [0.717, 1.165) is 12.8 Å². The van der Waals surface area contributed by atoms with Crippen LogP contribution in [0.1, 0.15) is 49.6 Å². The zero-order chi connectivity index (χ0) is 13.5. The van der Waals surface area contributed by atoms with Crippen molar-refractivity contribution in [3.63, 3.8) is 0 Å². The van der Waals surface area contributed by atoms with Gasteiger partial charge in [0.25, 0.3) is 5.91 Å². The molecule has 1 heterocycles. The molecule has 1 amide bonds. The molecule has 6 nitrogen and oxygen atoms in total. The lowest BCUT2D eigenvalue weighted by Gasteiger charge is -2.12. The minimum absolute atomic E-state index is 0.0843. The Labute approximate surface area is 106 Å². The molecule has 0 spiro atoms. The molecule has 1 rings (SSSR count). The maximum atomic E-state index is 11.7. The summed E-state index contributed by atoms with van der Waals surface area (Å²) in [4.78, 5) is 22.0. The second-order valence-electron chi connectivity index (χ2n) is 4.05. The number of aromatic nitrogens is 2. The Morgan fingerprint density at radius 1 is 1.44 bits per heavy atom. The van der Waals surface area contributed by atoms with E-state index < -0.39 is 5.97 Å². The number of carbonyl (C=O) groups excluding carboxylic acids is 1. The van der Waals surface area contributed by atoms with Crippen LogP contribution in [0.4, 0.5) is 0 Å². The van der Waals surface area contributed by atoms with Gasteiger partial charge in [-0.3, -0.25) is 14.3 Å². The summed E-state index contributed by atoms with van der Waals surface area (Å²) in [5.74, 6) is -1.26. The van der Waals surface area contributed by atoms with Crippen LogP contribution in [0, 0.1) is 0 Å². The van der Waals surface area contributed by atoms with Crippen LogP contribution in [0.15, 0.2) is 12.3 Å². The molecule has 2 N–H and O–H groups in total. The van der Waals surface area contributed by atoms with Gasteiger partial charge in [-0.15, -0.1) is 0 Å². The third-order valence-electron chi connectivity index (χ3n) is 2.78. The minimum Gasteiger partial charge on any atom is -0.481 e. The average molecular weight is 253 g/mol. The molecule has 0 aromatic carbocycles. The summed E-state index contributed by atoms with van der Waals surface area (Å²) in [6, 6.07) is 1.94. The van der Waals surface area contributed by atoms with Gasteiger partial charge in [-0.1, -0.05) is 13.8 Å². The van der Waals surface area contributed by atoms with E-state index in [1.807, 2.05) is 0 Å². The second kappa shape index (κ2) is 6.78. The Kier molecular flexibility index (Phi) is 5.35. The molecule has 0 radical (unpaired) electrons. The molecule has 1 aromatic rings. The zero-order valence-electron chi connectivity index (χ0n) is 10.7. The van der Waals surface area contributed by atoms with Crippen LogP contribution in [0.2, 0.25) is 0 Å². The van der Waals surface area contributed by atoms with Crippen LogP contribution in [0.3, 0.4) is 0 Å². The van der Waals surface area contributed by atoms with E-state index in [-0.39, 0.29) is 18.9 Å². The molecule has 0 aliphatic heterocycles. The lowest BCUT2D eigenvalue weighted by molar-refractivity contribution is -0.136. The van der Waals surface area contributed by atoms with Crippen molar-refractivity contribution in [3.8, 4) is 0 Å². The first-order valence-electron chi connectivity index (χ1n) is 6.13. The Morgan fingerprint density at radius 2 is 2.11 bits per heavy atom. The van der Waals surface area contributed by atoms with E-state index >= 15 is 0 Å². The van der Waals surface area contributed by atoms with E-state index in [2.05, 4.69) is 24.3 Å². The van der Waals surface area contributed by atoms with Gasteiger partial charge in [0, 0.05) is 12.7 Å². The quantitative estimate of drug-likeness (QED) is 0.770. The summed E-state index contributed by atoms with van der Waals surface area (Å²) >= 11 is 0. The highest BCUT2D eigenvalue weighted by Gasteiger charge is 2.12. The van der Waals surface area contributed by atoms with Gasteiger partial charge in [0.05, 0.1) is 12.5 Å². The first-order chi connectivity index (χ1) is 8.58. The van der Waals surface area contributed by atoms with Gasteiger partial charge in [-0.25, -0.2) is 0 Å². The van der Waals surface area contributed by atoms with Gasteiger partial charge in [-0.2, -0.15) is 5.10 Å². The summed E-state index contributed by atoms with van der Waals surface area (Å²) in [6.07, 6.45) is 3.61. The summed E-state index contributed by atoms with van der Waals surface area (Å²) in [7, 11) is 0. The molecular formula is C12H19N3O3. The smallest absolute Gasteiger partial charge is 0.305 e. The maximum absolute atomic E-state index is 11.7. The number of aliphatic carboxylic acids is 1. The van der Waals surface area contributed by atoms with Gasteiger partial charge in [-0.05, 0) is 18.9 Å². The van der Waals surface area contributed by atoms with Crippen molar-refractivity contribution in [2.24, 2.45) is 0 Å². The lowest BCUT2D eigenvalue weighted by Crippen LogP contribution is -2.26. The van der Waals surface area contributed by atoms with Gasteiger partial charge in [0.2, 0.25) is 0 Å². The van der Waals surface area contributed by atoms with Crippen molar-refractivity contribution >= 4 is 11.9 Å². The Balaban J connectivity index is 2.56. The van der Waals surface area contributed by atoms with Crippen LogP contribution in [-0.4, -0.2) is 33.3 Å². The predicted molar refractivity (Wildman–Crippen MR) is 66.4 cm³/mol. The van der Waals surface area contributed by atoms with E-state index in [1.54, 1.807) is 16.9 Å². The fourth-order valence-electron chi connectivity index (χ4n) is 1.70. The molecule has 0 aliphatic rings. The number of nitrogens with zero attached hydrogens (tertiary/aromatic N) is 2. The van der Waals surface area contributed by atoms with E-state index in [0.29, 0.717) is 11.7 Å². The molecule has 0 saturated heterocycles. The zero-order valence-corrected chi connectivity index (χ0v) is 10.7. The number of hydrogen-bond donors (Lipinski definition) is 2. The molecule has 0 bridgehead atoms. The largest absolute Gasteiger partial charge is 0.481 e. The summed E-state index contributed by atoms with van der Waals surface area (Å²) in [5.41, 5.74) is 0.326.